The number of aryl methyl sites for hydroxylation is 1. The Hall–Kier alpha value is -0.670. The first kappa shape index (κ1) is 10.4. The van der Waals surface area contributed by atoms with Crippen molar-refractivity contribution in [2.24, 2.45) is 0 Å². The second-order valence-electron chi connectivity index (χ2n) is 3.05. The fourth-order valence-electron chi connectivity index (χ4n) is 1.10. The molecule has 0 aliphatic carbocycles. The molecule has 0 aliphatic heterocycles. The van der Waals surface area contributed by atoms with Gasteiger partial charge in [-0.2, -0.15) is 0 Å². The lowest BCUT2D eigenvalue weighted by atomic mass is 10.2. The first-order chi connectivity index (χ1) is 6.13. The molecule has 0 aliphatic rings. The third-order valence-electron chi connectivity index (χ3n) is 1.70. The van der Waals surface area contributed by atoms with E-state index in [0.717, 1.165) is 11.5 Å². The third-order valence-corrected chi connectivity index (χ3v) is 1.89. The van der Waals surface area contributed by atoms with Crippen LogP contribution in [0.4, 0.5) is 0 Å². The molecule has 0 N–H and O–H groups in total. The Morgan fingerprint density at radius 1 is 1.54 bits per heavy atom. The molecule has 1 aromatic heterocycles. The van der Waals surface area contributed by atoms with Gasteiger partial charge >= 0.3 is 0 Å². The summed E-state index contributed by atoms with van der Waals surface area (Å²) in [6.07, 6.45) is 0. The number of nitrogens with zero attached hydrogens (tertiary/aromatic N) is 2. The van der Waals surface area contributed by atoms with Crippen LogP contribution in [0.5, 0.6) is 0 Å². The number of hydrogen-bond donors (Lipinski definition) is 0. The van der Waals surface area contributed by atoms with Crippen LogP contribution >= 0.6 is 11.6 Å². The molecule has 1 unspecified atom stereocenters. The molecule has 0 saturated carbocycles. The van der Waals surface area contributed by atoms with Gasteiger partial charge in [0, 0.05) is 18.7 Å². The van der Waals surface area contributed by atoms with Crippen LogP contribution in [0.25, 0.3) is 0 Å². The van der Waals surface area contributed by atoms with Crippen molar-refractivity contribution in [3.63, 3.8) is 0 Å². The van der Waals surface area contributed by atoms with Gasteiger partial charge in [0.25, 0.3) is 0 Å². The van der Waals surface area contributed by atoms with E-state index in [1.54, 1.807) is 13.2 Å². The lowest BCUT2D eigenvalue weighted by molar-refractivity contribution is 0.181. The highest BCUT2D eigenvalue weighted by molar-refractivity contribution is 6.29. The molecule has 3 nitrogen and oxygen atoms in total. The summed E-state index contributed by atoms with van der Waals surface area (Å²) in [5.41, 5.74) is 0.887. The molecule has 1 rings (SSSR count). The van der Waals surface area contributed by atoms with Gasteiger partial charge in [-0.3, -0.25) is 0 Å². The molecular formula is C9H13ClN2O. The van der Waals surface area contributed by atoms with E-state index in [2.05, 4.69) is 9.97 Å². The molecule has 0 bridgehead atoms. The van der Waals surface area contributed by atoms with E-state index >= 15 is 0 Å². The number of halogens is 1. The summed E-state index contributed by atoms with van der Waals surface area (Å²) in [5, 5.41) is 0.491. The quantitative estimate of drug-likeness (QED) is 0.702. The number of hydrogen-bond acceptors (Lipinski definition) is 3. The SMILES string of the molecule is COCC(C)c1nc(C)cc(Cl)n1. The molecule has 0 fully saturated rings. The van der Waals surface area contributed by atoms with Crippen molar-refractivity contribution < 1.29 is 4.74 Å². The average molecular weight is 201 g/mol. The summed E-state index contributed by atoms with van der Waals surface area (Å²) < 4.78 is 5.01. The molecule has 1 atom stereocenters. The van der Waals surface area contributed by atoms with Crippen molar-refractivity contribution in [1.82, 2.24) is 9.97 Å². The number of methoxy groups -OCH3 is 1. The van der Waals surface area contributed by atoms with Crippen molar-refractivity contribution >= 4 is 11.6 Å². The van der Waals surface area contributed by atoms with Crippen molar-refractivity contribution in [3.05, 3.63) is 22.7 Å². The average Bonchev–Trinajstić information content (AvgIpc) is 2.03. The summed E-state index contributed by atoms with van der Waals surface area (Å²) in [7, 11) is 1.66. The smallest absolute Gasteiger partial charge is 0.135 e. The zero-order valence-electron chi connectivity index (χ0n) is 8.04. The van der Waals surface area contributed by atoms with Crippen LogP contribution < -0.4 is 0 Å². The fraction of sp³-hybridized carbons (Fsp3) is 0.556. The molecule has 1 heterocycles. The Balaban J connectivity index is 2.87. The normalized spacial score (nSPS) is 12.9. The molecule has 13 heavy (non-hydrogen) atoms. The van der Waals surface area contributed by atoms with Gasteiger partial charge in [-0.1, -0.05) is 18.5 Å². The standard InChI is InChI=1S/C9H13ClN2O/c1-6(5-13-3)9-11-7(2)4-8(10)12-9/h4,6H,5H2,1-3H3. The third kappa shape index (κ3) is 2.94. The Morgan fingerprint density at radius 3 is 2.77 bits per heavy atom. The van der Waals surface area contributed by atoms with Crippen molar-refractivity contribution in [3.8, 4) is 0 Å². The summed E-state index contributed by atoms with van der Waals surface area (Å²) in [6, 6.07) is 1.74. The van der Waals surface area contributed by atoms with Gasteiger partial charge in [-0.25, -0.2) is 9.97 Å². The van der Waals surface area contributed by atoms with Crippen LogP contribution in [0, 0.1) is 6.92 Å². The topological polar surface area (TPSA) is 35.0 Å². The highest BCUT2D eigenvalue weighted by atomic mass is 35.5. The zero-order valence-corrected chi connectivity index (χ0v) is 8.80. The summed E-state index contributed by atoms with van der Waals surface area (Å²) in [4.78, 5) is 8.40. The molecule has 4 heteroatoms. The van der Waals surface area contributed by atoms with Crippen LogP contribution in [-0.4, -0.2) is 23.7 Å². The van der Waals surface area contributed by atoms with Gasteiger partial charge in [0.2, 0.25) is 0 Å². The van der Waals surface area contributed by atoms with E-state index in [-0.39, 0.29) is 5.92 Å². The molecule has 0 aromatic carbocycles. The monoisotopic (exact) mass is 200 g/mol. The minimum absolute atomic E-state index is 0.183. The van der Waals surface area contributed by atoms with E-state index in [4.69, 9.17) is 16.3 Å². The van der Waals surface area contributed by atoms with Crippen molar-refractivity contribution in [1.29, 1.82) is 0 Å². The summed E-state index contributed by atoms with van der Waals surface area (Å²) >= 11 is 5.80. The number of ether oxygens (including phenoxy) is 1. The maximum absolute atomic E-state index is 5.80. The molecule has 0 spiro atoms. The van der Waals surface area contributed by atoms with Crippen molar-refractivity contribution in [2.75, 3.05) is 13.7 Å². The Morgan fingerprint density at radius 2 is 2.23 bits per heavy atom. The lowest BCUT2D eigenvalue weighted by Crippen LogP contribution is -2.07. The Bertz CT molecular complexity index is 271. The van der Waals surface area contributed by atoms with Crippen LogP contribution in [0.2, 0.25) is 5.15 Å². The van der Waals surface area contributed by atoms with E-state index in [9.17, 15) is 0 Å². The molecular weight excluding hydrogens is 188 g/mol. The van der Waals surface area contributed by atoms with E-state index in [1.807, 2.05) is 13.8 Å². The molecule has 0 amide bonds. The second-order valence-corrected chi connectivity index (χ2v) is 3.43. The molecule has 0 saturated heterocycles. The Labute approximate surface area is 83.1 Å². The van der Waals surface area contributed by atoms with Crippen LogP contribution in [0.3, 0.4) is 0 Å². The van der Waals surface area contributed by atoms with Gasteiger partial charge in [-0.15, -0.1) is 0 Å². The van der Waals surface area contributed by atoms with E-state index in [0.29, 0.717) is 11.8 Å². The first-order valence-corrected chi connectivity index (χ1v) is 4.51. The molecule has 72 valence electrons. The van der Waals surface area contributed by atoms with Crippen LogP contribution in [-0.2, 0) is 4.74 Å². The number of aromatic nitrogens is 2. The lowest BCUT2D eigenvalue weighted by Gasteiger charge is -2.09. The number of rotatable bonds is 3. The van der Waals surface area contributed by atoms with E-state index < -0.39 is 0 Å². The van der Waals surface area contributed by atoms with E-state index in [1.165, 1.54) is 0 Å². The van der Waals surface area contributed by atoms with Crippen LogP contribution in [0.15, 0.2) is 6.07 Å². The fourth-order valence-corrected chi connectivity index (χ4v) is 1.34. The molecule has 0 radical (unpaired) electrons. The first-order valence-electron chi connectivity index (χ1n) is 4.13. The predicted octanol–water partition coefficient (Wildman–Crippen LogP) is 2.19. The zero-order chi connectivity index (χ0) is 9.84. The maximum Gasteiger partial charge on any atom is 0.135 e. The van der Waals surface area contributed by atoms with Gasteiger partial charge in [0.15, 0.2) is 0 Å². The predicted molar refractivity (Wildman–Crippen MR) is 52.1 cm³/mol. The van der Waals surface area contributed by atoms with Crippen LogP contribution in [0.1, 0.15) is 24.4 Å². The maximum atomic E-state index is 5.80. The van der Waals surface area contributed by atoms with Gasteiger partial charge in [0.1, 0.15) is 11.0 Å². The minimum atomic E-state index is 0.183. The van der Waals surface area contributed by atoms with Gasteiger partial charge in [0.05, 0.1) is 6.61 Å². The van der Waals surface area contributed by atoms with Gasteiger partial charge in [-0.05, 0) is 13.0 Å². The molecule has 1 aromatic rings. The highest BCUT2D eigenvalue weighted by Crippen LogP contribution is 2.14. The van der Waals surface area contributed by atoms with Gasteiger partial charge < -0.3 is 4.74 Å². The minimum Gasteiger partial charge on any atom is -0.384 e. The summed E-state index contributed by atoms with van der Waals surface area (Å²) in [5.74, 6) is 0.925. The second kappa shape index (κ2) is 4.53. The van der Waals surface area contributed by atoms with Crippen molar-refractivity contribution in [2.45, 2.75) is 19.8 Å². The largest absolute Gasteiger partial charge is 0.384 e. The highest BCUT2D eigenvalue weighted by Gasteiger charge is 2.09. The summed E-state index contributed by atoms with van der Waals surface area (Å²) in [6.45, 7) is 4.52. The Kier molecular flexibility index (Phi) is 3.63.